The van der Waals surface area contributed by atoms with E-state index in [-0.39, 0.29) is 10.8 Å². The summed E-state index contributed by atoms with van der Waals surface area (Å²) in [6.07, 6.45) is 16.8. The number of benzene rings is 7. The molecule has 1 aliphatic heterocycles. The van der Waals surface area contributed by atoms with Gasteiger partial charge in [-0.2, -0.15) is 0 Å². The fraction of sp³-hybridized carbons (Fsp3) is 0.284. The van der Waals surface area contributed by atoms with Gasteiger partial charge in [-0.05, 0) is 184 Å². The van der Waals surface area contributed by atoms with Crippen molar-refractivity contribution in [2.75, 3.05) is 4.90 Å². The van der Waals surface area contributed by atoms with Gasteiger partial charge in [0.25, 0.3) is 0 Å². The molecular weight excluding hydrogens is 846 g/mol. The number of hydrogen-bond donors (Lipinski definition) is 1. The van der Waals surface area contributed by atoms with Crippen LogP contribution in [0.2, 0.25) is 0 Å². The molecule has 7 aromatic carbocycles. The molecule has 0 atom stereocenters. The fourth-order valence-electron chi connectivity index (χ4n) is 11.7. The first-order valence-corrected chi connectivity index (χ1v) is 26.0. The smallest absolute Gasteiger partial charge is 0.142 e. The predicted molar refractivity (Wildman–Crippen MR) is 307 cm³/mol. The number of fused-ring (bicyclic) bond motifs is 6. The SMILES string of the molecule is Bc1c2cc(-c3ccccc3C)c(CCC)c1-c1cccc(-c3c(C)ccc4ccccc34)c1/C=C(/c1cc3c(cc1O)C(C)(C)CCC3(C)C)N2C(=C/C=C(\C)CCCC)/C(=C\C)c1ccccc1. The van der Waals surface area contributed by atoms with Crippen molar-refractivity contribution < 1.29 is 5.11 Å². The van der Waals surface area contributed by atoms with E-state index in [0.29, 0.717) is 5.75 Å². The third-order valence-corrected chi connectivity index (χ3v) is 15.7. The molecule has 1 aliphatic carbocycles. The zero-order valence-corrected chi connectivity index (χ0v) is 43.8. The average Bonchev–Trinajstić information content (AvgIpc) is 3.35. The van der Waals surface area contributed by atoms with E-state index in [0.717, 1.165) is 84.3 Å². The van der Waals surface area contributed by atoms with E-state index in [1.807, 2.05) is 0 Å². The van der Waals surface area contributed by atoms with E-state index in [2.05, 4.69) is 234 Å². The maximum absolute atomic E-state index is 13.0. The van der Waals surface area contributed by atoms with Crippen molar-refractivity contribution in [3.05, 3.63) is 201 Å². The number of aryl methyl sites for hydroxylation is 2. The van der Waals surface area contributed by atoms with E-state index in [4.69, 9.17) is 0 Å². The van der Waals surface area contributed by atoms with Gasteiger partial charge in [-0.25, -0.2) is 0 Å². The second-order valence-electron chi connectivity index (χ2n) is 21.5. The molecule has 0 radical (unpaired) electrons. The molecule has 2 bridgehead atoms. The number of phenols is 1. The predicted octanol–water partition coefficient (Wildman–Crippen LogP) is 17.2. The van der Waals surface area contributed by atoms with Crippen LogP contribution >= 0.6 is 0 Å². The molecule has 70 heavy (non-hydrogen) atoms. The van der Waals surface area contributed by atoms with Crippen LogP contribution in [0.3, 0.4) is 0 Å². The molecule has 0 amide bonds. The maximum atomic E-state index is 13.0. The molecule has 0 unspecified atom stereocenters. The van der Waals surface area contributed by atoms with Crippen LogP contribution in [-0.4, -0.2) is 13.0 Å². The van der Waals surface area contributed by atoms with Crippen LogP contribution in [-0.2, 0) is 17.3 Å². The van der Waals surface area contributed by atoms with Crippen molar-refractivity contribution in [3.8, 4) is 39.1 Å². The molecule has 1 N–H and O–H groups in total. The summed E-state index contributed by atoms with van der Waals surface area (Å²) in [5.74, 6) is 0.303. The Labute approximate surface area is 420 Å². The van der Waals surface area contributed by atoms with Gasteiger partial charge in [0.15, 0.2) is 0 Å². The van der Waals surface area contributed by atoms with E-state index < -0.39 is 0 Å². The van der Waals surface area contributed by atoms with Gasteiger partial charge >= 0.3 is 0 Å². The molecule has 3 heteroatoms. The van der Waals surface area contributed by atoms with Crippen molar-refractivity contribution in [2.24, 2.45) is 0 Å². The highest BCUT2D eigenvalue weighted by Crippen LogP contribution is 2.52. The quantitative estimate of drug-likeness (QED) is 0.0975. The van der Waals surface area contributed by atoms with Crippen molar-refractivity contribution in [1.82, 2.24) is 0 Å². The Balaban J connectivity index is 1.53. The van der Waals surface area contributed by atoms with Crippen LogP contribution in [0.4, 0.5) is 5.69 Å². The Bertz CT molecular complexity index is 3260. The second kappa shape index (κ2) is 19.7. The molecular formula is C67H72BNO. The summed E-state index contributed by atoms with van der Waals surface area (Å²) in [4.78, 5) is 2.54. The van der Waals surface area contributed by atoms with Crippen LogP contribution in [0.5, 0.6) is 5.75 Å². The molecule has 0 saturated heterocycles. The molecule has 354 valence electrons. The number of aromatic hydroxyl groups is 1. The third kappa shape index (κ3) is 8.82. The van der Waals surface area contributed by atoms with E-state index in [1.165, 1.54) is 83.0 Å². The zero-order chi connectivity index (χ0) is 49.5. The average molecular weight is 918 g/mol. The molecule has 0 aromatic heterocycles. The summed E-state index contributed by atoms with van der Waals surface area (Å²) in [7, 11) is 2.36. The number of allylic oxidation sites excluding steroid dienone is 5. The fourth-order valence-corrected chi connectivity index (χ4v) is 11.7. The highest BCUT2D eigenvalue weighted by atomic mass is 16.3. The Morgan fingerprint density at radius 1 is 0.671 bits per heavy atom. The van der Waals surface area contributed by atoms with Crippen LogP contribution in [0.1, 0.15) is 138 Å². The Kier molecular flexibility index (Phi) is 13.6. The summed E-state index contributed by atoms with van der Waals surface area (Å²) < 4.78 is 0. The summed E-state index contributed by atoms with van der Waals surface area (Å²) >= 11 is 0. The molecule has 2 nitrogen and oxygen atoms in total. The number of hydrogen-bond acceptors (Lipinski definition) is 2. The minimum atomic E-state index is -0.0946. The molecule has 0 saturated carbocycles. The Hall–Kier alpha value is -6.58. The number of nitrogens with zero attached hydrogens (tertiary/aromatic N) is 1. The van der Waals surface area contributed by atoms with Crippen LogP contribution in [0, 0.1) is 13.8 Å². The number of rotatable bonds is 12. The lowest BCUT2D eigenvalue weighted by molar-refractivity contribution is 0.329. The highest BCUT2D eigenvalue weighted by molar-refractivity contribution is 6.41. The molecule has 9 rings (SSSR count). The molecule has 1 heterocycles. The van der Waals surface area contributed by atoms with E-state index in [1.54, 1.807) is 0 Å². The summed E-state index contributed by atoms with van der Waals surface area (Å²) in [6, 6.07) is 47.2. The lowest BCUT2D eigenvalue weighted by Crippen LogP contribution is -2.34. The first-order valence-electron chi connectivity index (χ1n) is 26.0. The van der Waals surface area contributed by atoms with Gasteiger partial charge in [-0.15, -0.1) is 0 Å². The van der Waals surface area contributed by atoms with Gasteiger partial charge < -0.3 is 10.0 Å². The summed E-state index contributed by atoms with van der Waals surface area (Å²) in [5.41, 5.74) is 23.6. The van der Waals surface area contributed by atoms with Gasteiger partial charge in [0.05, 0.1) is 11.4 Å². The minimum Gasteiger partial charge on any atom is -0.507 e. The standard InChI is InChI=1S/C67H72BNO/c1-11-14-24-43(4)33-36-59(48(13-3)46-26-16-15-17-27-46)69-60(56-39-57-58(42-62(56)70)67(9,10)38-37-66(57,7)8)40-55-52(63-45(6)34-35-47-28-19-21-30-50(47)63)31-22-32-53(55)64-51(23-12-2)54(41-61(69)65(64)68)49-29-20-18-25-44(49)5/h13,15-22,25-36,39-42,70H,11-12,14,23-24,37-38,68H2,1-10H3/b43-33+,48-13-,59-36+,60-40-. The lowest BCUT2D eigenvalue weighted by atomic mass is 9.62. The minimum absolute atomic E-state index is 0.0815. The molecule has 0 spiro atoms. The van der Waals surface area contributed by atoms with Crippen molar-refractivity contribution in [3.63, 3.8) is 0 Å². The number of unbranched alkanes of at least 4 members (excludes halogenated alkanes) is 1. The lowest BCUT2D eigenvalue weighted by Gasteiger charge is -2.43. The maximum Gasteiger partial charge on any atom is 0.142 e. The molecule has 2 aliphatic rings. The number of phenolic OH excluding ortho intramolecular Hbond substituents is 1. The largest absolute Gasteiger partial charge is 0.507 e. The van der Waals surface area contributed by atoms with E-state index in [9.17, 15) is 5.11 Å². The van der Waals surface area contributed by atoms with Gasteiger partial charge in [0.2, 0.25) is 0 Å². The van der Waals surface area contributed by atoms with Crippen LogP contribution < -0.4 is 10.4 Å². The van der Waals surface area contributed by atoms with Gasteiger partial charge in [0, 0.05) is 16.8 Å². The number of anilines is 1. The molecule has 0 fully saturated rings. The van der Waals surface area contributed by atoms with Crippen molar-refractivity contribution in [1.29, 1.82) is 0 Å². The van der Waals surface area contributed by atoms with Gasteiger partial charge in [-0.3, -0.25) is 0 Å². The Morgan fingerprint density at radius 3 is 2.03 bits per heavy atom. The van der Waals surface area contributed by atoms with E-state index >= 15 is 0 Å². The van der Waals surface area contributed by atoms with Crippen LogP contribution in [0.25, 0.3) is 61.5 Å². The van der Waals surface area contributed by atoms with Crippen LogP contribution in [0.15, 0.2) is 157 Å². The highest BCUT2D eigenvalue weighted by Gasteiger charge is 2.39. The van der Waals surface area contributed by atoms with Gasteiger partial charge in [-0.1, -0.05) is 187 Å². The Morgan fingerprint density at radius 2 is 1.33 bits per heavy atom. The second-order valence-corrected chi connectivity index (χ2v) is 21.5. The van der Waals surface area contributed by atoms with Crippen molar-refractivity contribution >= 4 is 47.1 Å². The summed E-state index contributed by atoms with van der Waals surface area (Å²) in [6.45, 7) is 23.0. The first-order chi connectivity index (χ1) is 33.7. The monoisotopic (exact) mass is 918 g/mol. The topological polar surface area (TPSA) is 23.5 Å². The first kappa shape index (κ1) is 48.4. The summed E-state index contributed by atoms with van der Waals surface area (Å²) in [5, 5.41) is 15.5. The van der Waals surface area contributed by atoms with Crippen molar-refractivity contribution in [2.45, 2.75) is 125 Å². The normalized spacial score (nSPS) is 16.3. The molecule has 7 aromatic rings. The third-order valence-electron chi connectivity index (χ3n) is 15.7. The zero-order valence-electron chi connectivity index (χ0n) is 43.8. The van der Waals surface area contributed by atoms with Gasteiger partial charge in [0.1, 0.15) is 13.6 Å².